The van der Waals surface area contributed by atoms with Crippen molar-refractivity contribution in [3.8, 4) is 5.75 Å². The maximum Gasteiger partial charge on any atom is 0.325 e. The van der Waals surface area contributed by atoms with Gasteiger partial charge in [-0.05, 0) is 24.3 Å². The molecule has 1 fully saturated rings. The highest BCUT2D eigenvalue weighted by molar-refractivity contribution is 9.10. The molecule has 1 spiro atoms. The first-order valence-corrected chi connectivity index (χ1v) is 9.71. The van der Waals surface area contributed by atoms with Crippen molar-refractivity contribution in [1.82, 2.24) is 10.2 Å². The van der Waals surface area contributed by atoms with Crippen LogP contribution in [0, 0.1) is 0 Å². The maximum absolute atomic E-state index is 13.1. The van der Waals surface area contributed by atoms with E-state index < -0.39 is 11.6 Å². The Morgan fingerprint density at radius 3 is 2.86 bits per heavy atom. The Labute approximate surface area is 170 Å². The van der Waals surface area contributed by atoms with Crippen molar-refractivity contribution in [3.05, 3.63) is 58.6 Å². The predicted molar refractivity (Wildman–Crippen MR) is 106 cm³/mol. The highest BCUT2D eigenvalue weighted by Gasteiger charge is 2.54. The maximum atomic E-state index is 13.1. The van der Waals surface area contributed by atoms with Crippen molar-refractivity contribution in [2.24, 2.45) is 0 Å². The number of ether oxygens (including phenoxy) is 1. The van der Waals surface area contributed by atoms with Gasteiger partial charge < -0.3 is 15.4 Å². The molecule has 1 saturated heterocycles. The van der Waals surface area contributed by atoms with Crippen LogP contribution < -0.4 is 15.4 Å². The van der Waals surface area contributed by atoms with Gasteiger partial charge in [0, 0.05) is 35.1 Å². The molecule has 0 radical (unpaired) electrons. The van der Waals surface area contributed by atoms with Crippen molar-refractivity contribution in [2.45, 2.75) is 18.4 Å². The Balaban J connectivity index is 1.46. The van der Waals surface area contributed by atoms with E-state index in [-0.39, 0.29) is 24.8 Å². The van der Waals surface area contributed by atoms with Crippen LogP contribution in [0.5, 0.6) is 5.75 Å². The highest BCUT2D eigenvalue weighted by Crippen LogP contribution is 2.40. The second kappa shape index (κ2) is 7.27. The van der Waals surface area contributed by atoms with Gasteiger partial charge in [-0.3, -0.25) is 14.5 Å². The molecule has 7 nitrogen and oxygen atoms in total. The number of hydrogen-bond donors (Lipinski definition) is 2. The lowest BCUT2D eigenvalue weighted by atomic mass is 9.84. The van der Waals surface area contributed by atoms with Crippen LogP contribution in [-0.4, -0.2) is 35.9 Å². The average molecular weight is 444 g/mol. The first kappa shape index (κ1) is 18.5. The monoisotopic (exact) mass is 443 g/mol. The Bertz CT molecular complexity index is 964. The summed E-state index contributed by atoms with van der Waals surface area (Å²) in [5, 5.41) is 5.59. The molecule has 2 aromatic rings. The minimum absolute atomic E-state index is 0.00920. The number of fused-ring (bicyclic) bond motifs is 2. The minimum Gasteiger partial charge on any atom is -0.493 e. The lowest BCUT2D eigenvalue weighted by molar-refractivity contribution is -0.132. The van der Waals surface area contributed by atoms with E-state index in [0.29, 0.717) is 30.0 Å². The van der Waals surface area contributed by atoms with Crippen molar-refractivity contribution >= 4 is 39.5 Å². The summed E-state index contributed by atoms with van der Waals surface area (Å²) in [5.41, 5.74) is 0.180. The number of carbonyl (C=O) groups is 3. The van der Waals surface area contributed by atoms with Crippen LogP contribution >= 0.6 is 15.9 Å². The third-order valence-electron chi connectivity index (χ3n) is 4.93. The van der Waals surface area contributed by atoms with Crippen LogP contribution in [0.3, 0.4) is 0 Å². The van der Waals surface area contributed by atoms with E-state index in [0.717, 1.165) is 9.37 Å². The summed E-state index contributed by atoms with van der Waals surface area (Å²) in [4.78, 5) is 39.0. The number of nitrogens with zero attached hydrogens (tertiary/aromatic N) is 1. The zero-order chi connectivity index (χ0) is 19.7. The molecule has 144 valence electrons. The van der Waals surface area contributed by atoms with Crippen molar-refractivity contribution in [3.63, 3.8) is 0 Å². The fourth-order valence-electron chi connectivity index (χ4n) is 3.58. The molecule has 28 heavy (non-hydrogen) atoms. The van der Waals surface area contributed by atoms with E-state index in [2.05, 4.69) is 26.6 Å². The van der Waals surface area contributed by atoms with E-state index in [1.54, 1.807) is 24.3 Å². The number of hydrogen-bond acceptors (Lipinski definition) is 4. The second-order valence-corrected chi connectivity index (χ2v) is 7.61. The number of anilines is 1. The zero-order valence-corrected chi connectivity index (χ0v) is 16.5. The standard InChI is InChI=1S/C20H18BrN3O4/c21-13-4-3-5-14(12-13)22-17(25)8-10-24-18(26)20(23-19(24)27)9-11-28-16-7-2-1-6-15(16)20/h1-7,12H,8-11H2,(H,22,25)(H,23,27)/t20-/m1/s1. The SMILES string of the molecule is O=C(CCN1C(=O)N[C@@]2(CCOc3ccccc32)C1=O)Nc1cccc(Br)c1. The van der Waals surface area contributed by atoms with Crippen LogP contribution in [-0.2, 0) is 15.1 Å². The molecule has 0 aliphatic carbocycles. The van der Waals surface area contributed by atoms with E-state index in [4.69, 9.17) is 4.74 Å². The molecule has 2 aliphatic rings. The molecule has 2 aromatic carbocycles. The second-order valence-electron chi connectivity index (χ2n) is 6.70. The molecule has 8 heteroatoms. The molecular formula is C20H18BrN3O4. The molecular weight excluding hydrogens is 426 g/mol. The summed E-state index contributed by atoms with van der Waals surface area (Å²) in [6, 6.07) is 13.9. The Morgan fingerprint density at radius 1 is 1.21 bits per heavy atom. The third kappa shape index (κ3) is 3.24. The summed E-state index contributed by atoms with van der Waals surface area (Å²) in [6.45, 7) is 0.343. The van der Waals surface area contributed by atoms with Gasteiger partial charge in [-0.1, -0.05) is 40.2 Å². The summed E-state index contributed by atoms with van der Waals surface area (Å²) in [6.07, 6.45) is 0.370. The largest absolute Gasteiger partial charge is 0.493 e. The summed E-state index contributed by atoms with van der Waals surface area (Å²) in [7, 11) is 0. The van der Waals surface area contributed by atoms with Gasteiger partial charge in [-0.2, -0.15) is 0 Å². The Hall–Kier alpha value is -2.87. The van der Waals surface area contributed by atoms with Crippen LogP contribution in [0.15, 0.2) is 53.0 Å². The highest BCUT2D eigenvalue weighted by atomic mass is 79.9. The normalized spacial score (nSPS) is 20.5. The van der Waals surface area contributed by atoms with E-state index >= 15 is 0 Å². The van der Waals surface area contributed by atoms with Gasteiger partial charge in [0.25, 0.3) is 5.91 Å². The molecule has 0 unspecified atom stereocenters. The topological polar surface area (TPSA) is 87.7 Å². The molecule has 0 aromatic heterocycles. The van der Waals surface area contributed by atoms with E-state index in [9.17, 15) is 14.4 Å². The smallest absolute Gasteiger partial charge is 0.325 e. The number of carbonyl (C=O) groups excluding carboxylic acids is 3. The Kier molecular flexibility index (Phi) is 4.80. The number of urea groups is 1. The lowest BCUT2D eigenvalue weighted by Crippen LogP contribution is -2.47. The van der Waals surface area contributed by atoms with Gasteiger partial charge in [0.2, 0.25) is 5.91 Å². The van der Waals surface area contributed by atoms with Crippen molar-refractivity contribution in [1.29, 1.82) is 0 Å². The summed E-state index contributed by atoms with van der Waals surface area (Å²) < 4.78 is 6.46. The fourth-order valence-corrected chi connectivity index (χ4v) is 3.98. The molecule has 4 rings (SSSR count). The zero-order valence-electron chi connectivity index (χ0n) is 14.9. The molecule has 2 heterocycles. The van der Waals surface area contributed by atoms with Gasteiger partial charge in [-0.15, -0.1) is 0 Å². The Morgan fingerprint density at radius 2 is 2.04 bits per heavy atom. The van der Waals surface area contributed by atoms with Crippen LogP contribution in [0.2, 0.25) is 0 Å². The van der Waals surface area contributed by atoms with Gasteiger partial charge in [0.1, 0.15) is 5.75 Å². The van der Waals surface area contributed by atoms with Gasteiger partial charge >= 0.3 is 6.03 Å². The fraction of sp³-hybridized carbons (Fsp3) is 0.250. The lowest BCUT2D eigenvalue weighted by Gasteiger charge is -2.33. The van der Waals surface area contributed by atoms with Crippen molar-refractivity contribution < 1.29 is 19.1 Å². The number of rotatable bonds is 4. The average Bonchev–Trinajstić information content (AvgIpc) is 2.91. The number of amides is 4. The quantitative estimate of drug-likeness (QED) is 0.710. The minimum atomic E-state index is -1.12. The van der Waals surface area contributed by atoms with Crippen molar-refractivity contribution in [2.75, 3.05) is 18.5 Å². The van der Waals surface area contributed by atoms with E-state index in [1.807, 2.05) is 24.3 Å². The molecule has 2 aliphatic heterocycles. The summed E-state index contributed by atoms with van der Waals surface area (Å²) >= 11 is 3.35. The molecule has 4 amide bonds. The molecule has 1 atom stereocenters. The first-order valence-electron chi connectivity index (χ1n) is 8.91. The summed E-state index contributed by atoms with van der Waals surface area (Å²) in [5.74, 6) is -0.0211. The number of para-hydroxylation sites is 1. The first-order chi connectivity index (χ1) is 13.5. The number of benzene rings is 2. The van der Waals surface area contributed by atoms with Gasteiger partial charge in [0.05, 0.1) is 6.61 Å². The predicted octanol–water partition coefficient (Wildman–Crippen LogP) is 3.01. The van der Waals surface area contributed by atoms with E-state index in [1.165, 1.54) is 0 Å². The third-order valence-corrected chi connectivity index (χ3v) is 5.42. The van der Waals surface area contributed by atoms with Crippen LogP contribution in [0.1, 0.15) is 18.4 Å². The van der Waals surface area contributed by atoms with Gasteiger partial charge in [0.15, 0.2) is 5.54 Å². The molecule has 0 saturated carbocycles. The molecule has 2 N–H and O–H groups in total. The van der Waals surface area contributed by atoms with Crippen LogP contribution in [0.25, 0.3) is 0 Å². The number of imide groups is 1. The molecule has 0 bridgehead atoms. The van der Waals surface area contributed by atoms with Gasteiger partial charge in [-0.25, -0.2) is 4.79 Å². The number of nitrogens with one attached hydrogen (secondary N) is 2. The van der Waals surface area contributed by atoms with Crippen LogP contribution in [0.4, 0.5) is 10.5 Å². The number of halogens is 1.